The first-order valence-electron chi connectivity index (χ1n) is 5.25. The van der Waals surface area contributed by atoms with Gasteiger partial charge in [-0.05, 0) is 13.0 Å². The Kier molecular flexibility index (Phi) is 2.40. The lowest BCUT2D eigenvalue weighted by Crippen LogP contribution is -2.06. The monoisotopic (exact) mass is 284 g/mol. The van der Waals surface area contributed by atoms with Crippen LogP contribution >= 0.6 is 11.3 Å². The molecular weight excluding hydrogens is 277 g/mol. The Bertz CT molecular complexity index is 794. The van der Waals surface area contributed by atoms with Gasteiger partial charge in [0.05, 0.1) is 21.2 Å². The summed E-state index contributed by atoms with van der Waals surface area (Å²) in [5.41, 5.74) is 5.44. The van der Waals surface area contributed by atoms with Crippen LogP contribution in [-0.4, -0.2) is 15.0 Å². The van der Waals surface area contributed by atoms with Crippen molar-refractivity contribution >= 4 is 37.6 Å². The molecule has 3 rings (SSSR count). The maximum absolute atomic E-state index is 13.1. The number of halogens is 3. The van der Waals surface area contributed by atoms with Crippen molar-refractivity contribution in [3.8, 4) is 0 Å². The molecule has 0 amide bonds. The van der Waals surface area contributed by atoms with Crippen LogP contribution in [0.4, 0.5) is 19.0 Å². The number of aryl methyl sites for hydroxylation is 1. The molecule has 0 unspecified atom stereocenters. The van der Waals surface area contributed by atoms with E-state index in [4.69, 9.17) is 5.73 Å². The molecule has 0 aromatic carbocycles. The molecule has 3 heterocycles. The van der Waals surface area contributed by atoms with E-state index < -0.39 is 11.7 Å². The standard InChI is InChI=1S/C11H7F3N4S/c1-4-2-5(11(12,13)14)6-7-8(19-10(6)18-4)9(15)17-3-16-7/h2-3H,1H3,(H2,15,16,17). The van der Waals surface area contributed by atoms with Crippen molar-refractivity contribution < 1.29 is 13.2 Å². The number of alkyl halides is 3. The fraction of sp³-hybridized carbons (Fsp3) is 0.182. The van der Waals surface area contributed by atoms with Crippen LogP contribution in [0.15, 0.2) is 12.4 Å². The van der Waals surface area contributed by atoms with Gasteiger partial charge in [0.1, 0.15) is 17.0 Å². The maximum atomic E-state index is 13.1. The Morgan fingerprint density at radius 3 is 2.68 bits per heavy atom. The van der Waals surface area contributed by atoms with Crippen LogP contribution in [0.5, 0.6) is 0 Å². The van der Waals surface area contributed by atoms with E-state index in [0.29, 0.717) is 10.4 Å². The number of nitrogen functional groups attached to an aromatic ring is 1. The van der Waals surface area contributed by atoms with Crippen LogP contribution in [0.1, 0.15) is 11.3 Å². The molecule has 3 aromatic rings. The summed E-state index contributed by atoms with van der Waals surface area (Å²) in [5.74, 6) is 0.166. The molecule has 0 aliphatic rings. The molecule has 8 heteroatoms. The van der Waals surface area contributed by atoms with Gasteiger partial charge in [-0.2, -0.15) is 13.2 Å². The van der Waals surface area contributed by atoms with Gasteiger partial charge in [0.15, 0.2) is 0 Å². The van der Waals surface area contributed by atoms with Gasteiger partial charge in [0.2, 0.25) is 0 Å². The molecular formula is C11H7F3N4S. The third-order valence-electron chi connectivity index (χ3n) is 2.69. The quantitative estimate of drug-likeness (QED) is 0.688. The van der Waals surface area contributed by atoms with Gasteiger partial charge in [0.25, 0.3) is 0 Å². The number of anilines is 1. The maximum Gasteiger partial charge on any atom is 0.417 e. The lowest BCUT2D eigenvalue weighted by atomic mass is 10.1. The molecule has 0 radical (unpaired) electrons. The first-order chi connectivity index (χ1) is 8.88. The second kappa shape index (κ2) is 3.77. The predicted molar refractivity (Wildman–Crippen MR) is 66.9 cm³/mol. The summed E-state index contributed by atoms with van der Waals surface area (Å²) in [6.07, 6.45) is -3.30. The number of hydrogen-bond acceptors (Lipinski definition) is 5. The SMILES string of the molecule is Cc1cc(C(F)(F)F)c2c(n1)sc1c(N)ncnc12. The summed E-state index contributed by atoms with van der Waals surface area (Å²) in [4.78, 5) is 12.1. The van der Waals surface area contributed by atoms with Gasteiger partial charge in [-0.15, -0.1) is 11.3 Å². The smallest absolute Gasteiger partial charge is 0.382 e. The van der Waals surface area contributed by atoms with E-state index >= 15 is 0 Å². The zero-order chi connectivity index (χ0) is 13.8. The van der Waals surface area contributed by atoms with Crippen LogP contribution in [0.25, 0.3) is 20.4 Å². The summed E-state index contributed by atoms with van der Waals surface area (Å²) < 4.78 is 39.7. The number of aromatic nitrogens is 3. The first kappa shape index (κ1) is 12.1. The second-order valence-corrected chi connectivity index (χ2v) is 5.03. The van der Waals surface area contributed by atoms with Crippen molar-refractivity contribution in [1.82, 2.24) is 15.0 Å². The van der Waals surface area contributed by atoms with Gasteiger partial charge < -0.3 is 5.73 Å². The average molecular weight is 284 g/mol. The first-order valence-corrected chi connectivity index (χ1v) is 6.07. The molecule has 2 N–H and O–H groups in total. The summed E-state index contributed by atoms with van der Waals surface area (Å²) in [6.45, 7) is 1.52. The largest absolute Gasteiger partial charge is 0.417 e. The molecule has 0 spiro atoms. The molecule has 0 atom stereocenters. The van der Waals surface area contributed by atoms with Crippen LogP contribution < -0.4 is 5.73 Å². The van der Waals surface area contributed by atoms with Gasteiger partial charge >= 0.3 is 6.18 Å². The number of pyridine rings is 1. The number of thiophene rings is 1. The summed E-state index contributed by atoms with van der Waals surface area (Å²) in [7, 11) is 0. The van der Waals surface area contributed by atoms with Crippen LogP contribution in [0.3, 0.4) is 0 Å². The normalized spacial score (nSPS) is 12.4. The zero-order valence-corrected chi connectivity index (χ0v) is 10.4. The van der Waals surface area contributed by atoms with Crippen LogP contribution in [0, 0.1) is 6.92 Å². The van der Waals surface area contributed by atoms with E-state index in [9.17, 15) is 13.2 Å². The molecule has 4 nitrogen and oxygen atoms in total. The Balaban J connectivity index is 2.56. The van der Waals surface area contributed by atoms with E-state index in [1.807, 2.05) is 0 Å². The highest BCUT2D eigenvalue weighted by Gasteiger charge is 2.35. The van der Waals surface area contributed by atoms with Crippen LogP contribution in [-0.2, 0) is 6.18 Å². The molecule has 0 fully saturated rings. The minimum absolute atomic E-state index is 0.00722. The molecule has 0 bridgehead atoms. The fourth-order valence-electron chi connectivity index (χ4n) is 1.93. The fourth-order valence-corrected chi connectivity index (χ4v) is 3.03. The highest BCUT2D eigenvalue weighted by molar-refractivity contribution is 7.25. The van der Waals surface area contributed by atoms with Crippen molar-refractivity contribution in [2.75, 3.05) is 5.73 Å². The number of fused-ring (bicyclic) bond motifs is 3. The van der Waals surface area contributed by atoms with Crippen molar-refractivity contribution in [3.05, 3.63) is 23.7 Å². The van der Waals surface area contributed by atoms with E-state index in [1.165, 1.54) is 6.92 Å². The van der Waals surface area contributed by atoms with E-state index in [2.05, 4.69) is 15.0 Å². The van der Waals surface area contributed by atoms with Crippen molar-refractivity contribution in [1.29, 1.82) is 0 Å². The Morgan fingerprint density at radius 2 is 2.00 bits per heavy atom. The van der Waals surface area contributed by atoms with Gasteiger partial charge in [-0.3, -0.25) is 0 Å². The molecule has 3 aromatic heterocycles. The highest BCUT2D eigenvalue weighted by atomic mass is 32.1. The lowest BCUT2D eigenvalue weighted by molar-refractivity contribution is -0.136. The highest BCUT2D eigenvalue weighted by Crippen LogP contribution is 2.41. The Hall–Kier alpha value is -1.96. The summed E-state index contributed by atoms with van der Waals surface area (Å²) in [6, 6.07) is 1.02. The minimum atomic E-state index is -4.46. The third kappa shape index (κ3) is 1.79. The lowest BCUT2D eigenvalue weighted by Gasteiger charge is -2.08. The van der Waals surface area contributed by atoms with E-state index in [0.717, 1.165) is 23.7 Å². The van der Waals surface area contributed by atoms with Gasteiger partial charge in [0, 0.05) is 5.69 Å². The van der Waals surface area contributed by atoms with Crippen molar-refractivity contribution in [2.24, 2.45) is 0 Å². The average Bonchev–Trinajstić information content (AvgIpc) is 2.66. The molecule has 98 valence electrons. The number of nitrogens with two attached hydrogens (primary N) is 1. The number of nitrogens with zero attached hydrogens (tertiary/aromatic N) is 3. The predicted octanol–water partition coefficient (Wildman–Crippen LogP) is 3.15. The Morgan fingerprint density at radius 1 is 1.26 bits per heavy atom. The summed E-state index contributed by atoms with van der Waals surface area (Å²) >= 11 is 1.07. The molecule has 0 aliphatic carbocycles. The number of hydrogen-bond donors (Lipinski definition) is 1. The zero-order valence-electron chi connectivity index (χ0n) is 9.62. The van der Waals surface area contributed by atoms with E-state index in [1.54, 1.807) is 0 Å². The van der Waals surface area contributed by atoms with E-state index in [-0.39, 0.29) is 21.6 Å². The van der Waals surface area contributed by atoms with Crippen LogP contribution in [0.2, 0.25) is 0 Å². The topological polar surface area (TPSA) is 64.7 Å². The molecule has 0 saturated heterocycles. The Labute approximate surface area is 109 Å². The van der Waals surface area contributed by atoms with Gasteiger partial charge in [-0.1, -0.05) is 0 Å². The molecule has 19 heavy (non-hydrogen) atoms. The van der Waals surface area contributed by atoms with Crippen molar-refractivity contribution in [2.45, 2.75) is 13.1 Å². The van der Waals surface area contributed by atoms with Crippen molar-refractivity contribution in [3.63, 3.8) is 0 Å². The third-order valence-corrected chi connectivity index (χ3v) is 3.78. The minimum Gasteiger partial charge on any atom is -0.382 e. The number of rotatable bonds is 0. The van der Waals surface area contributed by atoms with Gasteiger partial charge in [-0.25, -0.2) is 15.0 Å². The molecule has 0 saturated carbocycles. The second-order valence-electron chi connectivity index (χ2n) is 4.03. The molecule has 0 aliphatic heterocycles. The summed E-state index contributed by atoms with van der Waals surface area (Å²) in [5, 5.41) is -0.00722.